The van der Waals surface area contributed by atoms with Gasteiger partial charge in [-0.1, -0.05) is 23.2 Å². The number of halogens is 2. The number of nitro benzene ring substituents is 1. The summed E-state index contributed by atoms with van der Waals surface area (Å²) < 4.78 is 28.9. The van der Waals surface area contributed by atoms with Crippen LogP contribution in [0.1, 0.15) is 0 Å². The van der Waals surface area contributed by atoms with Crippen LogP contribution in [0.3, 0.4) is 0 Å². The fourth-order valence-electron chi connectivity index (χ4n) is 1.43. The van der Waals surface area contributed by atoms with E-state index in [2.05, 4.69) is 0 Å². The number of non-ortho nitro benzene ring substituents is 1. The lowest BCUT2D eigenvalue weighted by atomic mass is 10.3. The molecule has 0 aliphatic heterocycles. The SMILES string of the molecule is O=[N+]([O-])c1ccc(OS(=O)(=O)c2ccc(Cl)c(Cl)c2)cc1. The normalized spacial score (nSPS) is 11.1. The Morgan fingerprint density at radius 2 is 1.62 bits per heavy atom. The summed E-state index contributed by atoms with van der Waals surface area (Å²) in [5.41, 5.74) is -0.172. The van der Waals surface area contributed by atoms with Crippen molar-refractivity contribution in [1.82, 2.24) is 0 Å². The molecule has 2 aromatic rings. The minimum absolute atomic E-state index is 0.0494. The molecule has 2 rings (SSSR count). The molecular formula is C12H7Cl2NO5S. The number of hydrogen-bond acceptors (Lipinski definition) is 5. The van der Waals surface area contributed by atoms with E-state index >= 15 is 0 Å². The Morgan fingerprint density at radius 3 is 2.14 bits per heavy atom. The molecule has 9 heteroatoms. The van der Waals surface area contributed by atoms with Gasteiger partial charge in [-0.2, -0.15) is 8.42 Å². The van der Waals surface area contributed by atoms with Gasteiger partial charge in [0, 0.05) is 12.1 Å². The van der Waals surface area contributed by atoms with Gasteiger partial charge < -0.3 is 4.18 Å². The molecular weight excluding hydrogens is 341 g/mol. The molecule has 0 spiro atoms. The Morgan fingerprint density at radius 1 is 1.00 bits per heavy atom. The Labute approximate surface area is 130 Å². The predicted molar refractivity (Wildman–Crippen MR) is 77.4 cm³/mol. The summed E-state index contributed by atoms with van der Waals surface area (Å²) in [6, 6.07) is 8.38. The van der Waals surface area contributed by atoms with E-state index in [9.17, 15) is 18.5 Å². The van der Waals surface area contributed by atoms with E-state index in [1.54, 1.807) is 0 Å². The first-order valence-electron chi connectivity index (χ1n) is 5.43. The topological polar surface area (TPSA) is 86.5 Å². The molecule has 2 aromatic carbocycles. The highest BCUT2D eigenvalue weighted by atomic mass is 35.5. The third-order valence-corrected chi connectivity index (χ3v) is 4.42. The molecule has 0 radical (unpaired) electrons. The minimum atomic E-state index is -4.10. The predicted octanol–water partition coefficient (Wildman–Crippen LogP) is 3.67. The molecule has 0 bridgehead atoms. The maximum absolute atomic E-state index is 12.0. The Balaban J connectivity index is 2.28. The van der Waals surface area contributed by atoms with E-state index in [0.717, 1.165) is 18.2 Å². The summed E-state index contributed by atoms with van der Waals surface area (Å²) >= 11 is 11.5. The van der Waals surface area contributed by atoms with E-state index < -0.39 is 15.0 Å². The number of rotatable bonds is 4. The van der Waals surface area contributed by atoms with Gasteiger partial charge in [-0.3, -0.25) is 10.1 Å². The van der Waals surface area contributed by atoms with Crippen LogP contribution in [0.5, 0.6) is 5.75 Å². The van der Waals surface area contributed by atoms with E-state index in [-0.39, 0.29) is 26.4 Å². The molecule has 0 aliphatic carbocycles. The van der Waals surface area contributed by atoms with Crippen molar-refractivity contribution in [3.8, 4) is 5.75 Å². The van der Waals surface area contributed by atoms with E-state index in [1.165, 1.54) is 24.3 Å². The van der Waals surface area contributed by atoms with Gasteiger partial charge >= 0.3 is 10.1 Å². The van der Waals surface area contributed by atoms with Crippen LogP contribution in [0.4, 0.5) is 5.69 Å². The maximum Gasteiger partial charge on any atom is 0.339 e. The summed E-state index contributed by atoms with van der Waals surface area (Å²) in [5.74, 6) is -0.0494. The zero-order valence-electron chi connectivity index (χ0n) is 10.2. The second-order valence-corrected chi connectivity index (χ2v) is 6.23. The minimum Gasteiger partial charge on any atom is -0.379 e. The number of nitro groups is 1. The quantitative estimate of drug-likeness (QED) is 0.478. The first-order chi connectivity index (χ1) is 9.79. The molecule has 0 heterocycles. The second kappa shape index (κ2) is 5.88. The first kappa shape index (κ1) is 15.6. The largest absolute Gasteiger partial charge is 0.379 e. The summed E-state index contributed by atoms with van der Waals surface area (Å²) in [6.45, 7) is 0. The Bertz CT molecular complexity index is 790. The summed E-state index contributed by atoms with van der Waals surface area (Å²) in [5, 5.41) is 10.8. The first-order valence-corrected chi connectivity index (χ1v) is 7.60. The van der Waals surface area contributed by atoms with Crippen molar-refractivity contribution in [1.29, 1.82) is 0 Å². The van der Waals surface area contributed by atoms with Gasteiger partial charge in [-0.15, -0.1) is 0 Å². The molecule has 0 aliphatic rings. The Kier molecular flexibility index (Phi) is 4.36. The third-order valence-electron chi connectivity index (χ3n) is 2.43. The van der Waals surface area contributed by atoms with E-state index in [1.807, 2.05) is 0 Å². The summed E-state index contributed by atoms with van der Waals surface area (Å²) in [4.78, 5) is 9.74. The van der Waals surface area contributed by atoms with Gasteiger partial charge in [0.2, 0.25) is 0 Å². The average Bonchev–Trinajstić information content (AvgIpc) is 2.42. The van der Waals surface area contributed by atoms with Crippen LogP contribution in [0, 0.1) is 10.1 Å². The van der Waals surface area contributed by atoms with Gasteiger partial charge in [0.05, 0.1) is 15.0 Å². The van der Waals surface area contributed by atoms with Crippen molar-refractivity contribution in [3.63, 3.8) is 0 Å². The lowest BCUT2D eigenvalue weighted by Crippen LogP contribution is -2.09. The molecule has 0 fully saturated rings. The number of hydrogen-bond donors (Lipinski definition) is 0. The fourth-order valence-corrected chi connectivity index (χ4v) is 2.75. The van der Waals surface area contributed by atoms with Crippen LogP contribution in [0.2, 0.25) is 10.0 Å². The highest BCUT2D eigenvalue weighted by Crippen LogP contribution is 2.27. The van der Waals surface area contributed by atoms with Crippen LogP contribution in [0.25, 0.3) is 0 Å². The molecule has 110 valence electrons. The van der Waals surface area contributed by atoms with Crippen LogP contribution < -0.4 is 4.18 Å². The average molecular weight is 348 g/mol. The molecule has 6 nitrogen and oxygen atoms in total. The van der Waals surface area contributed by atoms with E-state index in [0.29, 0.717) is 0 Å². The molecule has 0 aromatic heterocycles. The number of nitrogens with zero attached hydrogens (tertiary/aromatic N) is 1. The zero-order valence-corrected chi connectivity index (χ0v) is 12.5. The molecule has 21 heavy (non-hydrogen) atoms. The maximum atomic E-state index is 12.0. The zero-order chi connectivity index (χ0) is 15.6. The molecule has 0 saturated carbocycles. The van der Waals surface area contributed by atoms with Crippen LogP contribution >= 0.6 is 23.2 Å². The van der Waals surface area contributed by atoms with Crippen molar-refractivity contribution in [2.24, 2.45) is 0 Å². The van der Waals surface area contributed by atoms with Crippen LogP contribution in [-0.2, 0) is 10.1 Å². The monoisotopic (exact) mass is 347 g/mol. The molecule has 0 unspecified atom stereocenters. The molecule has 0 N–H and O–H groups in total. The van der Waals surface area contributed by atoms with Gasteiger partial charge in [-0.25, -0.2) is 0 Å². The van der Waals surface area contributed by atoms with Crippen molar-refractivity contribution in [2.45, 2.75) is 4.90 Å². The van der Waals surface area contributed by atoms with Gasteiger partial charge in [0.1, 0.15) is 10.6 Å². The number of benzene rings is 2. The van der Waals surface area contributed by atoms with Gasteiger partial charge in [0.25, 0.3) is 5.69 Å². The second-order valence-electron chi connectivity index (χ2n) is 3.86. The lowest BCUT2D eigenvalue weighted by molar-refractivity contribution is -0.384. The standard InChI is InChI=1S/C12H7Cl2NO5S/c13-11-6-5-10(7-12(11)14)21(18,19)20-9-3-1-8(2-4-9)15(16)17/h1-7H. The van der Waals surface area contributed by atoms with Crippen LogP contribution in [-0.4, -0.2) is 13.3 Å². The van der Waals surface area contributed by atoms with Crippen molar-refractivity contribution < 1.29 is 17.5 Å². The lowest BCUT2D eigenvalue weighted by Gasteiger charge is -2.07. The fraction of sp³-hybridized carbons (Fsp3) is 0. The summed E-state index contributed by atoms with van der Waals surface area (Å²) in [7, 11) is -4.10. The van der Waals surface area contributed by atoms with Crippen LogP contribution in [0.15, 0.2) is 47.4 Å². The highest BCUT2D eigenvalue weighted by Gasteiger charge is 2.18. The smallest absolute Gasteiger partial charge is 0.339 e. The van der Waals surface area contributed by atoms with Gasteiger partial charge in [-0.05, 0) is 30.3 Å². The third kappa shape index (κ3) is 3.63. The summed E-state index contributed by atoms with van der Waals surface area (Å²) in [6.07, 6.45) is 0. The Hall–Kier alpha value is -1.83. The molecule has 0 amide bonds. The van der Waals surface area contributed by atoms with Gasteiger partial charge in [0.15, 0.2) is 0 Å². The highest BCUT2D eigenvalue weighted by molar-refractivity contribution is 7.87. The van der Waals surface area contributed by atoms with E-state index in [4.69, 9.17) is 27.4 Å². The van der Waals surface area contributed by atoms with Crippen molar-refractivity contribution in [2.75, 3.05) is 0 Å². The molecule has 0 saturated heterocycles. The van der Waals surface area contributed by atoms with Crippen molar-refractivity contribution in [3.05, 3.63) is 62.6 Å². The molecule has 0 atom stereocenters. The van der Waals surface area contributed by atoms with Crippen molar-refractivity contribution >= 4 is 39.0 Å².